The summed E-state index contributed by atoms with van der Waals surface area (Å²) in [4.78, 5) is -0.141. The van der Waals surface area contributed by atoms with Crippen molar-refractivity contribution in [2.75, 3.05) is 0 Å². The summed E-state index contributed by atoms with van der Waals surface area (Å²) < 4.78 is 64.4. The Kier molecular flexibility index (Phi) is 5.58. The van der Waals surface area contributed by atoms with Crippen LogP contribution in [-0.4, -0.2) is 18.2 Å². The molecule has 0 saturated carbocycles. The predicted molar refractivity (Wildman–Crippen MR) is 116 cm³/mol. The van der Waals surface area contributed by atoms with E-state index >= 15 is 0 Å². The van der Waals surface area contributed by atoms with E-state index in [1.54, 1.807) is 42.5 Å². The Morgan fingerprint density at radius 2 is 1.47 bits per heavy atom. The van der Waals surface area contributed by atoms with Gasteiger partial charge < -0.3 is 0 Å². The molecule has 2 N–H and O–H groups in total. The standard InChI is InChI=1S/C22H15ClF3N3O2S/c23-17-11-7-15(8-12-17)20-13-18(14-5-9-16(10-6-14)22(24,25)26)28-29(20)19-3-1-2-4-21(19)32(27,30)31/h1-13H,(H2,27,30,31). The number of aromatic nitrogens is 2. The number of hydrogen-bond acceptors (Lipinski definition) is 3. The molecule has 10 heteroatoms. The van der Waals surface area contributed by atoms with E-state index in [-0.39, 0.29) is 10.6 Å². The maximum Gasteiger partial charge on any atom is 0.416 e. The molecular formula is C22H15ClF3N3O2S. The monoisotopic (exact) mass is 477 g/mol. The fraction of sp³-hybridized carbons (Fsp3) is 0.0455. The number of halogens is 4. The second-order valence-electron chi connectivity index (χ2n) is 6.92. The van der Waals surface area contributed by atoms with E-state index in [9.17, 15) is 21.6 Å². The number of alkyl halides is 3. The van der Waals surface area contributed by atoms with Gasteiger partial charge in [-0.1, -0.05) is 48.0 Å². The Bertz CT molecular complexity index is 1380. The summed E-state index contributed by atoms with van der Waals surface area (Å²) in [5, 5.41) is 10.4. The molecule has 4 aromatic rings. The summed E-state index contributed by atoms with van der Waals surface area (Å²) in [5.74, 6) is 0. The van der Waals surface area contributed by atoms with E-state index in [0.717, 1.165) is 12.1 Å². The topological polar surface area (TPSA) is 78.0 Å². The van der Waals surface area contributed by atoms with Crippen LogP contribution in [-0.2, 0) is 16.2 Å². The van der Waals surface area contributed by atoms with Crippen molar-refractivity contribution in [3.05, 3.63) is 89.4 Å². The third-order valence-corrected chi connectivity index (χ3v) is 5.97. The zero-order valence-electron chi connectivity index (χ0n) is 16.2. The first-order chi connectivity index (χ1) is 15.0. The molecular weight excluding hydrogens is 463 g/mol. The summed E-state index contributed by atoms with van der Waals surface area (Å²) in [6.07, 6.45) is -4.46. The molecule has 0 aliphatic carbocycles. The highest BCUT2D eigenvalue weighted by atomic mass is 35.5. The van der Waals surface area contributed by atoms with Crippen LogP contribution in [0, 0.1) is 0 Å². The minimum Gasteiger partial charge on any atom is -0.231 e. The van der Waals surface area contributed by atoms with Gasteiger partial charge in [-0.05, 0) is 42.5 Å². The van der Waals surface area contributed by atoms with Gasteiger partial charge in [0, 0.05) is 16.1 Å². The highest BCUT2D eigenvalue weighted by molar-refractivity contribution is 7.89. The molecule has 0 radical (unpaired) electrons. The zero-order valence-corrected chi connectivity index (χ0v) is 17.8. The maximum absolute atomic E-state index is 12.9. The molecule has 164 valence electrons. The fourth-order valence-corrected chi connectivity index (χ4v) is 4.08. The smallest absolute Gasteiger partial charge is 0.231 e. The highest BCUT2D eigenvalue weighted by Gasteiger charge is 2.30. The molecule has 0 bridgehead atoms. The summed E-state index contributed by atoms with van der Waals surface area (Å²) >= 11 is 5.98. The first kappa shape index (κ1) is 22.1. The summed E-state index contributed by atoms with van der Waals surface area (Å²) in [5.41, 5.74) is 1.39. The number of nitrogens with two attached hydrogens (primary N) is 1. The third kappa shape index (κ3) is 4.40. The van der Waals surface area contributed by atoms with Crippen LogP contribution in [0.2, 0.25) is 5.02 Å². The summed E-state index contributed by atoms with van der Waals surface area (Å²) in [6, 6.07) is 19.1. The number of nitrogens with zero attached hydrogens (tertiary/aromatic N) is 2. The second kappa shape index (κ2) is 8.09. The van der Waals surface area contributed by atoms with Gasteiger partial charge in [0.25, 0.3) is 0 Å². The van der Waals surface area contributed by atoms with Gasteiger partial charge in [0.15, 0.2) is 0 Å². The van der Waals surface area contributed by atoms with Gasteiger partial charge in [0.1, 0.15) is 4.90 Å². The van der Waals surface area contributed by atoms with Crippen LogP contribution in [0.3, 0.4) is 0 Å². The summed E-state index contributed by atoms with van der Waals surface area (Å²) in [7, 11) is -4.07. The molecule has 0 unspecified atom stereocenters. The molecule has 1 aromatic heterocycles. The van der Waals surface area contributed by atoms with Crippen molar-refractivity contribution in [2.24, 2.45) is 5.14 Å². The van der Waals surface area contributed by atoms with Crippen molar-refractivity contribution >= 4 is 21.6 Å². The molecule has 1 heterocycles. The average molecular weight is 478 g/mol. The molecule has 32 heavy (non-hydrogen) atoms. The van der Waals surface area contributed by atoms with Crippen LogP contribution in [0.25, 0.3) is 28.2 Å². The molecule has 0 atom stereocenters. The Hall–Kier alpha value is -3.14. The number of rotatable bonds is 4. The predicted octanol–water partition coefficient (Wildman–Crippen LogP) is 5.53. The van der Waals surface area contributed by atoms with Crippen LogP contribution in [0.5, 0.6) is 0 Å². The van der Waals surface area contributed by atoms with E-state index in [2.05, 4.69) is 5.10 Å². The SMILES string of the molecule is NS(=O)(=O)c1ccccc1-n1nc(-c2ccc(C(F)(F)F)cc2)cc1-c1ccc(Cl)cc1. The lowest BCUT2D eigenvalue weighted by Gasteiger charge is -2.11. The lowest BCUT2D eigenvalue weighted by Crippen LogP contribution is -2.16. The average Bonchev–Trinajstić information content (AvgIpc) is 3.18. The third-order valence-electron chi connectivity index (χ3n) is 4.76. The van der Waals surface area contributed by atoms with Crippen molar-refractivity contribution in [1.29, 1.82) is 0 Å². The lowest BCUT2D eigenvalue weighted by molar-refractivity contribution is -0.137. The molecule has 0 fully saturated rings. The largest absolute Gasteiger partial charge is 0.416 e. The molecule has 0 saturated heterocycles. The molecule has 0 aliphatic heterocycles. The second-order valence-corrected chi connectivity index (χ2v) is 8.89. The van der Waals surface area contributed by atoms with Gasteiger partial charge in [-0.25, -0.2) is 18.2 Å². The normalized spacial score (nSPS) is 12.2. The van der Waals surface area contributed by atoms with Gasteiger partial charge >= 0.3 is 6.18 Å². The molecule has 0 aliphatic rings. The number of primary sulfonamides is 1. The van der Waals surface area contributed by atoms with Crippen molar-refractivity contribution in [3.63, 3.8) is 0 Å². The summed E-state index contributed by atoms with van der Waals surface area (Å²) in [6.45, 7) is 0. The quantitative estimate of drug-likeness (QED) is 0.420. The molecule has 3 aromatic carbocycles. The molecule has 0 amide bonds. The van der Waals surface area contributed by atoms with Gasteiger partial charge in [-0.2, -0.15) is 18.3 Å². The molecule has 4 rings (SSSR count). The first-order valence-corrected chi connectivity index (χ1v) is 11.1. The van der Waals surface area contributed by atoms with Crippen LogP contribution in [0.15, 0.2) is 83.8 Å². The van der Waals surface area contributed by atoms with Crippen molar-refractivity contribution in [3.8, 4) is 28.2 Å². The Labute approximate surface area is 186 Å². The van der Waals surface area contributed by atoms with E-state index in [1.165, 1.54) is 28.9 Å². The van der Waals surface area contributed by atoms with Gasteiger partial charge in [-0.3, -0.25) is 0 Å². The van der Waals surface area contributed by atoms with E-state index in [1.807, 2.05) is 0 Å². The number of para-hydroxylation sites is 1. The number of sulfonamides is 1. The van der Waals surface area contributed by atoms with Crippen molar-refractivity contribution in [2.45, 2.75) is 11.1 Å². The lowest BCUT2D eigenvalue weighted by atomic mass is 10.1. The van der Waals surface area contributed by atoms with Crippen LogP contribution in [0.1, 0.15) is 5.56 Å². The Morgan fingerprint density at radius 3 is 2.06 bits per heavy atom. The molecule has 0 spiro atoms. The fourth-order valence-electron chi connectivity index (χ4n) is 3.23. The van der Waals surface area contributed by atoms with E-state index < -0.39 is 21.8 Å². The van der Waals surface area contributed by atoms with Crippen LogP contribution < -0.4 is 5.14 Å². The molecule has 5 nitrogen and oxygen atoms in total. The van der Waals surface area contributed by atoms with E-state index in [4.69, 9.17) is 16.7 Å². The minimum atomic E-state index is -4.46. The van der Waals surface area contributed by atoms with Crippen molar-refractivity contribution in [1.82, 2.24) is 9.78 Å². The van der Waals surface area contributed by atoms with Crippen LogP contribution >= 0.6 is 11.6 Å². The minimum absolute atomic E-state index is 0.141. The van der Waals surface area contributed by atoms with E-state index in [0.29, 0.717) is 27.5 Å². The maximum atomic E-state index is 12.9. The highest BCUT2D eigenvalue weighted by Crippen LogP contribution is 2.34. The zero-order chi connectivity index (χ0) is 23.1. The number of benzene rings is 3. The van der Waals surface area contributed by atoms with Crippen molar-refractivity contribution < 1.29 is 21.6 Å². The Morgan fingerprint density at radius 1 is 0.875 bits per heavy atom. The Balaban J connectivity index is 1.92. The van der Waals surface area contributed by atoms with Gasteiger partial charge in [0.2, 0.25) is 10.0 Å². The number of hydrogen-bond donors (Lipinski definition) is 1. The van der Waals surface area contributed by atoms with Gasteiger partial charge in [-0.15, -0.1) is 0 Å². The first-order valence-electron chi connectivity index (χ1n) is 9.20. The van der Waals surface area contributed by atoms with Crippen LogP contribution in [0.4, 0.5) is 13.2 Å². The van der Waals surface area contributed by atoms with Gasteiger partial charge in [0.05, 0.1) is 22.6 Å².